The van der Waals surface area contributed by atoms with Crippen LogP contribution in [0, 0.1) is 13.8 Å². The van der Waals surface area contributed by atoms with Crippen molar-refractivity contribution < 1.29 is 9.32 Å². The largest absolute Gasteiger partial charge is 0.360 e. The Kier molecular flexibility index (Phi) is 6.03. The molecule has 12 heteroatoms. The predicted octanol–water partition coefficient (Wildman–Crippen LogP) is 1.57. The minimum atomic E-state index is -0.594. The molecule has 4 aromatic rings. The molecule has 0 aliphatic carbocycles. The van der Waals surface area contributed by atoms with Crippen LogP contribution < -0.4 is 16.6 Å². The fraction of sp³-hybridized carbons (Fsp3) is 0.200. The van der Waals surface area contributed by atoms with Crippen LogP contribution in [0.1, 0.15) is 22.8 Å². The van der Waals surface area contributed by atoms with E-state index in [0.717, 1.165) is 11.3 Å². The number of aromatic nitrogens is 6. The molecular weight excluding hydrogens is 434 g/mol. The van der Waals surface area contributed by atoms with Crippen molar-refractivity contribution in [3.8, 4) is 5.69 Å². The van der Waals surface area contributed by atoms with Crippen LogP contribution in [0.2, 0.25) is 0 Å². The Hall–Kier alpha value is -3.93. The SMILES string of the molecule is Cc1cccc(-n2c(Cc3cc(=O)[nH]c(=O)[nH]3)nnc2SCC(=O)Nc2cc(C)on2)c1. The van der Waals surface area contributed by atoms with Crippen molar-refractivity contribution >= 4 is 23.5 Å². The van der Waals surface area contributed by atoms with Crippen LogP contribution in [0.5, 0.6) is 0 Å². The topological polar surface area (TPSA) is 152 Å². The fourth-order valence-corrected chi connectivity index (χ4v) is 3.82. The first-order valence-electron chi connectivity index (χ1n) is 9.57. The lowest BCUT2D eigenvalue weighted by Gasteiger charge is -2.11. The van der Waals surface area contributed by atoms with Gasteiger partial charge in [0.2, 0.25) is 5.91 Å². The van der Waals surface area contributed by atoms with Crippen LogP contribution in [0.4, 0.5) is 5.82 Å². The lowest BCUT2D eigenvalue weighted by molar-refractivity contribution is -0.113. The number of carbonyl (C=O) groups excluding carboxylic acids is 1. The van der Waals surface area contributed by atoms with Gasteiger partial charge in [0.25, 0.3) is 5.56 Å². The van der Waals surface area contributed by atoms with Crippen LogP contribution in [0.15, 0.2) is 55.7 Å². The Morgan fingerprint density at radius 1 is 1.16 bits per heavy atom. The molecule has 11 nitrogen and oxygen atoms in total. The van der Waals surface area contributed by atoms with Crippen molar-refractivity contribution in [1.82, 2.24) is 29.9 Å². The van der Waals surface area contributed by atoms with Gasteiger partial charge >= 0.3 is 5.69 Å². The maximum atomic E-state index is 12.3. The van der Waals surface area contributed by atoms with Gasteiger partial charge in [0, 0.05) is 29.9 Å². The maximum Gasteiger partial charge on any atom is 0.325 e. The number of thioether (sulfide) groups is 1. The highest BCUT2D eigenvalue weighted by Gasteiger charge is 2.17. The van der Waals surface area contributed by atoms with E-state index in [9.17, 15) is 14.4 Å². The summed E-state index contributed by atoms with van der Waals surface area (Å²) in [5.74, 6) is 1.23. The van der Waals surface area contributed by atoms with Crippen molar-refractivity contribution in [3.05, 3.63) is 80.1 Å². The van der Waals surface area contributed by atoms with E-state index in [2.05, 4.69) is 30.6 Å². The highest BCUT2D eigenvalue weighted by Crippen LogP contribution is 2.24. The van der Waals surface area contributed by atoms with E-state index in [1.165, 1.54) is 17.8 Å². The number of nitrogens with one attached hydrogen (secondary N) is 3. The number of nitrogens with zero attached hydrogens (tertiary/aromatic N) is 4. The zero-order valence-electron chi connectivity index (χ0n) is 17.2. The number of hydrogen-bond acceptors (Lipinski definition) is 8. The lowest BCUT2D eigenvalue weighted by Crippen LogP contribution is -2.23. The number of amides is 1. The minimum Gasteiger partial charge on any atom is -0.360 e. The second-order valence-corrected chi connectivity index (χ2v) is 7.97. The molecule has 0 saturated heterocycles. The summed E-state index contributed by atoms with van der Waals surface area (Å²) in [7, 11) is 0. The Labute approximate surface area is 185 Å². The summed E-state index contributed by atoms with van der Waals surface area (Å²) < 4.78 is 6.74. The summed E-state index contributed by atoms with van der Waals surface area (Å²) in [5.41, 5.74) is 1.13. The van der Waals surface area contributed by atoms with Gasteiger partial charge in [0.15, 0.2) is 11.0 Å². The number of carbonyl (C=O) groups is 1. The minimum absolute atomic E-state index is 0.0672. The summed E-state index contributed by atoms with van der Waals surface area (Å²) in [6.07, 6.45) is 0.172. The van der Waals surface area contributed by atoms with E-state index < -0.39 is 11.2 Å². The van der Waals surface area contributed by atoms with E-state index in [1.807, 2.05) is 31.2 Å². The predicted molar refractivity (Wildman–Crippen MR) is 117 cm³/mol. The number of aromatic amines is 2. The third kappa shape index (κ3) is 5.03. The van der Waals surface area contributed by atoms with Gasteiger partial charge in [0.1, 0.15) is 11.6 Å². The Bertz CT molecular complexity index is 1360. The van der Waals surface area contributed by atoms with Crippen LogP contribution in [-0.4, -0.2) is 41.5 Å². The van der Waals surface area contributed by atoms with Crippen molar-refractivity contribution in [3.63, 3.8) is 0 Å². The highest BCUT2D eigenvalue weighted by atomic mass is 32.2. The van der Waals surface area contributed by atoms with Gasteiger partial charge in [-0.05, 0) is 31.5 Å². The molecule has 0 aliphatic heterocycles. The first kappa shape index (κ1) is 21.3. The molecule has 0 radical (unpaired) electrons. The Morgan fingerprint density at radius 2 is 2.00 bits per heavy atom. The second kappa shape index (κ2) is 9.06. The summed E-state index contributed by atoms with van der Waals surface area (Å²) >= 11 is 1.20. The molecular formula is C20H19N7O4S. The van der Waals surface area contributed by atoms with Crippen LogP contribution in [0.3, 0.4) is 0 Å². The van der Waals surface area contributed by atoms with E-state index in [-0.39, 0.29) is 18.1 Å². The molecule has 1 amide bonds. The zero-order chi connectivity index (χ0) is 22.7. The van der Waals surface area contributed by atoms with Crippen LogP contribution >= 0.6 is 11.8 Å². The summed E-state index contributed by atoms with van der Waals surface area (Å²) in [4.78, 5) is 40.3. The summed E-state index contributed by atoms with van der Waals surface area (Å²) in [6, 6.07) is 10.6. The first-order chi connectivity index (χ1) is 15.4. The standard InChI is InChI=1S/C20H19N7O4S/c1-11-4-3-5-14(6-11)27-16(8-13-9-17(28)23-19(30)21-13)24-25-20(27)32-10-18(29)22-15-7-12(2)31-26-15/h3-7,9H,8,10H2,1-2H3,(H,22,26,29)(H2,21,23,28,30). The second-order valence-electron chi connectivity index (χ2n) is 7.02. The number of aryl methyl sites for hydroxylation is 2. The van der Waals surface area contributed by atoms with Gasteiger partial charge in [-0.25, -0.2) is 4.79 Å². The molecule has 3 N–H and O–H groups in total. The normalized spacial score (nSPS) is 10.9. The number of H-pyrrole nitrogens is 2. The maximum absolute atomic E-state index is 12.3. The number of rotatable bonds is 7. The molecule has 0 spiro atoms. The van der Waals surface area contributed by atoms with Crippen molar-refractivity contribution in [2.75, 3.05) is 11.1 Å². The van der Waals surface area contributed by atoms with Gasteiger partial charge in [-0.3, -0.25) is 19.1 Å². The monoisotopic (exact) mass is 453 g/mol. The number of benzene rings is 1. The molecule has 0 saturated carbocycles. The van der Waals surface area contributed by atoms with Gasteiger partial charge in [-0.2, -0.15) is 0 Å². The van der Waals surface area contributed by atoms with Gasteiger partial charge in [-0.1, -0.05) is 29.1 Å². The Balaban J connectivity index is 1.61. The van der Waals surface area contributed by atoms with Crippen molar-refractivity contribution in [2.24, 2.45) is 0 Å². The van der Waals surface area contributed by atoms with Gasteiger partial charge < -0.3 is 14.8 Å². The highest BCUT2D eigenvalue weighted by molar-refractivity contribution is 7.99. The van der Waals surface area contributed by atoms with Gasteiger partial charge in [-0.15, -0.1) is 10.2 Å². The lowest BCUT2D eigenvalue weighted by atomic mass is 10.2. The molecule has 0 bridgehead atoms. The molecule has 3 aromatic heterocycles. The average Bonchev–Trinajstić information content (AvgIpc) is 3.31. The molecule has 1 aromatic carbocycles. The van der Waals surface area contributed by atoms with Crippen molar-refractivity contribution in [2.45, 2.75) is 25.4 Å². The number of hydrogen-bond donors (Lipinski definition) is 3. The number of anilines is 1. The first-order valence-corrected chi connectivity index (χ1v) is 10.6. The van der Waals surface area contributed by atoms with E-state index >= 15 is 0 Å². The molecule has 0 aliphatic rings. The Morgan fingerprint density at radius 3 is 2.72 bits per heavy atom. The summed E-state index contributed by atoms with van der Waals surface area (Å²) in [6.45, 7) is 3.69. The smallest absolute Gasteiger partial charge is 0.325 e. The third-order valence-corrected chi connectivity index (χ3v) is 5.28. The molecule has 3 heterocycles. The van der Waals surface area contributed by atoms with E-state index in [1.54, 1.807) is 17.6 Å². The average molecular weight is 453 g/mol. The van der Waals surface area contributed by atoms with E-state index in [4.69, 9.17) is 4.52 Å². The molecule has 0 unspecified atom stereocenters. The zero-order valence-corrected chi connectivity index (χ0v) is 18.0. The molecule has 164 valence electrons. The third-order valence-electron chi connectivity index (χ3n) is 4.35. The molecule has 32 heavy (non-hydrogen) atoms. The molecule has 0 atom stereocenters. The summed E-state index contributed by atoms with van der Waals surface area (Å²) in [5, 5.41) is 15.4. The fourth-order valence-electron chi connectivity index (χ4n) is 3.05. The van der Waals surface area contributed by atoms with Crippen molar-refractivity contribution in [1.29, 1.82) is 0 Å². The van der Waals surface area contributed by atoms with E-state index in [0.29, 0.717) is 28.3 Å². The molecule has 0 fully saturated rings. The molecule has 4 rings (SSSR count). The quantitative estimate of drug-likeness (QED) is 0.357. The van der Waals surface area contributed by atoms with Crippen LogP contribution in [0.25, 0.3) is 5.69 Å². The van der Waals surface area contributed by atoms with Crippen LogP contribution in [-0.2, 0) is 11.2 Å². The van der Waals surface area contributed by atoms with Gasteiger partial charge in [0.05, 0.1) is 5.75 Å².